The Hall–Kier alpha value is -2.16. The zero-order valence-corrected chi connectivity index (χ0v) is 8.73. The number of pyridine rings is 1. The molecular formula is C13H9NO2. The molecule has 0 radical (unpaired) electrons. The first kappa shape index (κ1) is 9.09. The molecule has 3 nitrogen and oxygen atoms in total. The summed E-state index contributed by atoms with van der Waals surface area (Å²) in [7, 11) is 0. The summed E-state index contributed by atoms with van der Waals surface area (Å²) in [5.41, 5.74) is 1.39. The number of furan rings is 1. The lowest BCUT2D eigenvalue weighted by molar-refractivity contribution is 0.0989. The van der Waals surface area contributed by atoms with Crippen LogP contribution < -0.4 is 0 Å². The van der Waals surface area contributed by atoms with Crippen LogP contribution in [-0.2, 0) is 0 Å². The zero-order valence-electron chi connectivity index (χ0n) is 8.73. The zero-order chi connectivity index (χ0) is 11.1. The Morgan fingerprint density at radius 3 is 2.81 bits per heavy atom. The molecule has 2 aromatic heterocycles. The highest BCUT2D eigenvalue weighted by atomic mass is 16.4. The monoisotopic (exact) mass is 211 g/mol. The van der Waals surface area contributed by atoms with Crippen LogP contribution in [0.2, 0.25) is 0 Å². The summed E-state index contributed by atoms with van der Waals surface area (Å²) in [6.07, 6.45) is 0. The number of hydrogen-bond donors (Lipinski definition) is 0. The highest BCUT2D eigenvalue weighted by molar-refractivity contribution is 5.98. The van der Waals surface area contributed by atoms with Crippen molar-refractivity contribution in [3.8, 4) is 0 Å². The van der Waals surface area contributed by atoms with Crippen LogP contribution in [0.5, 0.6) is 0 Å². The van der Waals surface area contributed by atoms with Gasteiger partial charge in [0.2, 0.25) is 5.71 Å². The minimum Gasteiger partial charge on any atom is -0.435 e. The molecule has 0 unspecified atom stereocenters. The van der Waals surface area contributed by atoms with Gasteiger partial charge < -0.3 is 4.42 Å². The molecule has 16 heavy (non-hydrogen) atoms. The van der Waals surface area contributed by atoms with Gasteiger partial charge in [-0.05, 0) is 18.2 Å². The summed E-state index contributed by atoms with van der Waals surface area (Å²) in [5, 5.41) is 1.91. The predicted molar refractivity (Wildman–Crippen MR) is 61.5 cm³/mol. The molecule has 0 spiro atoms. The number of rotatable bonds is 1. The van der Waals surface area contributed by atoms with Crippen LogP contribution in [0.1, 0.15) is 17.5 Å². The molecular weight excluding hydrogens is 202 g/mol. The van der Waals surface area contributed by atoms with Crippen LogP contribution in [0.25, 0.3) is 22.0 Å². The van der Waals surface area contributed by atoms with E-state index in [0.29, 0.717) is 11.5 Å². The lowest BCUT2D eigenvalue weighted by atomic mass is 10.2. The average molecular weight is 211 g/mol. The van der Waals surface area contributed by atoms with Crippen molar-refractivity contribution < 1.29 is 9.21 Å². The number of Topliss-reactive ketones (excluding diaryl/α,β-unsaturated/α-hetero) is 1. The number of carbonyl (C=O) groups is 1. The second kappa shape index (κ2) is 3.17. The van der Waals surface area contributed by atoms with Crippen molar-refractivity contribution in [2.45, 2.75) is 6.92 Å². The number of benzene rings is 1. The number of nitrogens with zero attached hydrogens (tertiary/aromatic N) is 1. The van der Waals surface area contributed by atoms with Crippen molar-refractivity contribution in [2.24, 2.45) is 0 Å². The van der Waals surface area contributed by atoms with E-state index in [-0.39, 0.29) is 5.78 Å². The minimum atomic E-state index is -0.0814. The van der Waals surface area contributed by atoms with E-state index in [0.717, 1.165) is 16.3 Å². The first-order valence-corrected chi connectivity index (χ1v) is 5.04. The lowest BCUT2D eigenvalue weighted by Crippen LogP contribution is -1.85. The van der Waals surface area contributed by atoms with Gasteiger partial charge >= 0.3 is 0 Å². The van der Waals surface area contributed by atoms with E-state index < -0.39 is 0 Å². The minimum absolute atomic E-state index is 0.0814. The van der Waals surface area contributed by atoms with Gasteiger partial charge in [0.15, 0.2) is 11.5 Å². The van der Waals surface area contributed by atoms with E-state index in [4.69, 9.17) is 4.42 Å². The van der Waals surface area contributed by atoms with E-state index >= 15 is 0 Å². The second-order valence-electron chi connectivity index (χ2n) is 3.74. The van der Waals surface area contributed by atoms with E-state index in [1.165, 1.54) is 6.92 Å². The first-order valence-electron chi connectivity index (χ1n) is 5.04. The Morgan fingerprint density at radius 1 is 1.19 bits per heavy atom. The SMILES string of the molecule is CC(=O)c1cc2cc3ccccc3nc2o1. The van der Waals surface area contributed by atoms with Crippen molar-refractivity contribution in [3.63, 3.8) is 0 Å². The molecule has 3 heteroatoms. The van der Waals surface area contributed by atoms with E-state index in [9.17, 15) is 4.79 Å². The Balaban J connectivity index is 2.38. The van der Waals surface area contributed by atoms with Crippen LogP contribution in [-0.4, -0.2) is 10.8 Å². The number of para-hydroxylation sites is 1. The third-order valence-corrected chi connectivity index (χ3v) is 2.56. The molecule has 0 fully saturated rings. The van der Waals surface area contributed by atoms with E-state index in [1.807, 2.05) is 30.3 Å². The number of ketones is 1. The van der Waals surface area contributed by atoms with Gasteiger partial charge in [0.25, 0.3) is 0 Å². The molecule has 0 aliphatic heterocycles. The molecule has 0 amide bonds. The van der Waals surface area contributed by atoms with Gasteiger partial charge in [-0.3, -0.25) is 4.79 Å². The van der Waals surface area contributed by atoms with Crippen LogP contribution in [0, 0.1) is 0 Å². The summed E-state index contributed by atoms with van der Waals surface area (Å²) < 4.78 is 5.38. The smallest absolute Gasteiger partial charge is 0.227 e. The average Bonchev–Trinajstić information content (AvgIpc) is 2.68. The van der Waals surface area contributed by atoms with Gasteiger partial charge in [0, 0.05) is 17.7 Å². The molecule has 0 bridgehead atoms. The molecule has 2 heterocycles. The normalized spacial score (nSPS) is 11.1. The van der Waals surface area contributed by atoms with Crippen LogP contribution in [0.15, 0.2) is 40.8 Å². The Kier molecular flexibility index (Phi) is 1.80. The van der Waals surface area contributed by atoms with Crippen LogP contribution in [0.4, 0.5) is 0 Å². The highest BCUT2D eigenvalue weighted by Gasteiger charge is 2.09. The Labute approximate surface area is 91.7 Å². The van der Waals surface area contributed by atoms with E-state index in [2.05, 4.69) is 4.98 Å². The maximum absolute atomic E-state index is 11.2. The van der Waals surface area contributed by atoms with Crippen LogP contribution in [0.3, 0.4) is 0 Å². The number of aromatic nitrogens is 1. The maximum Gasteiger partial charge on any atom is 0.227 e. The second-order valence-corrected chi connectivity index (χ2v) is 3.74. The fraction of sp³-hybridized carbons (Fsp3) is 0.0769. The van der Waals surface area contributed by atoms with Gasteiger partial charge in [0.1, 0.15) is 0 Å². The molecule has 78 valence electrons. The summed E-state index contributed by atoms with van der Waals surface area (Å²) in [4.78, 5) is 15.5. The number of carbonyl (C=O) groups excluding carboxylic acids is 1. The highest BCUT2D eigenvalue weighted by Crippen LogP contribution is 2.22. The summed E-state index contributed by atoms with van der Waals surface area (Å²) >= 11 is 0. The van der Waals surface area contributed by atoms with Crippen molar-refractivity contribution in [1.82, 2.24) is 4.98 Å². The predicted octanol–water partition coefficient (Wildman–Crippen LogP) is 3.18. The first-order chi connectivity index (χ1) is 7.74. The summed E-state index contributed by atoms with van der Waals surface area (Å²) in [6.45, 7) is 1.48. The van der Waals surface area contributed by atoms with Gasteiger partial charge in [-0.25, -0.2) is 4.98 Å². The van der Waals surface area contributed by atoms with Gasteiger partial charge in [0.05, 0.1) is 5.52 Å². The molecule has 0 saturated carbocycles. The van der Waals surface area contributed by atoms with Gasteiger partial charge in [-0.1, -0.05) is 18.2 Å². The molecule has 3 rings (SSSR count). The molecule has 0 aliphatic rings. The third kappa shape index (κ3) is 1.29. The largest absolute Gasteiger partial charge is 0.435 e. The van der Waals surface area contributed by atoms with Crippen molar-refractivity contribution in [3.05, 3.63) is 42.2 Å². The van der Waals surface area contributed by atoms with Crippen LogP contribution >= 0.6 is 0 Å². The van der Waals surface area contributed by atoms with E-state index in [1.54, 1.807) is 6.07 Å². The van der Waals surface area contributed by atoms with Gasteiger partial charge in [-0.2, -0.15) is 0 Å². The standard InChI is InChI=1S/C13H9NO2/c1-8(15)12-7-10-6-9-4-2-3-5-11(9)14-13(10)16-12/h2-7H,1H3. The quantitative estimate of drug-likeness (QED) is 0.580. The summed E-state index contributed by atoms with van der Waals surface area (Å²) in [5.74, 6) is 0.278. The molecule has 0 saturated heterocycles. The third-order valence-electron chi connectivity index (χ3n) is 2.56. The molecule has 1 aromatic carbocycles. The topological polar surface area (TPSA) is 43.1 Å². The fourth-order valence-electron chi connectivity index (χ4n) is 1.75. The maximum atomic E-state index is 11.2. The number of hydrogen-bond acceptors (Lipinski definition) is 3. The molecule has 0 aliphatic carbocycles. The summed E-state index contributed by atoms with van der Waals surface area (Å²) in [6, 6.07) is 11.5. The molecule has 3 aromatic rings. The molecule has 0 N–H and O–H groups in total. The lowest BCUT2D eigenvalue weighted by Gasteiger charge is -1.94. The Morgan fingerprint density at radius 2 is 2.00 bits per heavy atom. The molecule has 0 atom stereocenters. The van der Waals surface area contributed by atoms with Crippen molar-refractivity contribution >= 4 is 27.8 Å². The Bertz CT molecular complexity index is 645. The van der Waals surface area contributed by atoms with Crippen molar-refractivity contribution in [1.29, 1.82) is 0 Å². The fourth-order valence-corrected chi connectivity index (χ4v) is 1.75. The van der Waals surface area contributed by atoms with Gasteiger partial charge in [-0.15, -0.1) is 0 Å². The number of fused-ring (bicyclic) bond motifs is 2. The van der Waals surface area contributed by atoms with Crippen molar-refractivity contribution in [2.75, 3.05) is 0 Å².